The van der Waals surface area contributed by atoms with E-state index in [-0.39, 0.29) is 34.6 Å². The second kappa shape index (κ2) is 9.42. The number of rotatable bonds is 5. The first-order chi connectivity index (χ1) is 14.3. The Morgan fingerprint density at radius 1 is 1.13 bits per heavy atom. The highest BCUT2D eigenvalue weighted by atomic mass is 32.2. The second-order valence-corrected chi connectivity index (χ2v) is 7.94. The molecule has 9 heteroatoms. The zero-order valence-electron chi connectivity index (χ0n) is 16.3. The minimum Gasteiger partial charge on any atom is -0.464 e. The fraction of sp³-hybridized carbons (Fsp3) is 0.333. The highest BCUT2D eigenvalue weighted by Crippen LogP contribution is 2.36. The Kier molecular flexibility index (Phi) is 6.91. The molecule has 1 aliphatic heterocycles. The van der Waals surface area contributed by atoms with Gasteiger partial charge in [-0.05, 0) is 60.5 Å². The fourth-order valence-corrected chi connectivity index (χ4v) is 3.95. The van der Waals surface area contributed by atoms with Crippen LogP contribution in [-0.2, 0) is 9.53 Å². The molecule has 3 rings (SSSR count). The maximum Gasteiger partial charge on any atom is 0.446 e. The molecular weight excluding hydrogens is 417 g/mol. The molecule has 2 aromatic rings. The van der Waals surface area contributed by atoms with Crippen molar-refractivity contribution in [2.24, 2.45) is 0 Å². The number of methoxy groups -OCH3 is 1. The Morgan fingerprint density at radius 2 is 1.80 bits per heavy atom. The summed E-state index contributed by atoms with van der Waals surface area (Å²) in [6.45, 7) is 1.10. The normalized spacial score (nSPS) is 15.5. The van der Waals surface area contributed by atoms with E-state index in [0.717, 1.165) is 0 Å². The van der Waals surface area contributed by atoms with Gasteiger partial charge in [-0.25, -0.2) is 4.79 Å². The van der Waals surface area contributed by atoms with Crippen molar-refractivity contribution in [3.05, 3.63) is 59.9 Å². The minimum absolute atomic E-state index is 0.101. The number of hydrogen-bond acceptors (Lipinski definition) is 4. The quantitative estimate of drug-likeness (QED) is 0.384. The molecule has 1 saturated heterocycles. The largest absolute Gasteiger partial charge is 0.464 e. The Bertz CT molecular complexity index is 914. The van der Waals surface area contributed by atoms with Crippen LogP contribution in [0.15, 0.2) is 53.6 Å². The Morgan fingerprint density at radius 3 is 2.40 bits per heavy atom. The number of ether oxygens (including phenoxy) is 1. The molecule has 0 unspecified atom stereocenters. The van der Waals surface area contributed by atoms with Crippen molar-refractivity contribution in [1.29, 1.82) is 0 Å². The zero-order chi connectivity index (χ0) is 21.7. The summed E-state index contributed by atoms with van der Waals surface area (Å²) in [4.78, 5) is 26.1. The summed E-state index contributed by atoms with van der Waals surface area (Å²) in [5.41, 5.74) is -3.17. The van der Waals surface area contributed by atoms with E-state index in [2.05, 4.69) is 0 Å². The number of nitrogens with zero attached hydrogens (tertiary/aromatic N) is 2. The van der Waals surface area contributed by atoms with Gasteiger partial charge in [-0.1, -0.05) is 12.1 Å². The molecule has 0 radical (unpaired) electrons. The van der Waals surface area contributed by atoms with Crippen molar-refractivity contribution in [2.45, 2.75) is 29.3 Å². The van der Waals surface area contributed by atoms with Crippen LogP contribution in [0.5, 0.6) is 0 Å². The van der Waals surface area contributed by atoms with Gasteiger partial charge < -0.3 is 14.2 Å². The molecule has 1 fully saturated rings. The summed E-state index contributed by atoms with van der Waals surface area (Å²) in [7, 11) is 1.34. The molecule has 0 spiro atoms. The molecule has 0 bridgehead atoms. The third-order valence-corrected chi connectivity index (χ3v) is 5.61. The third-order valence-electron chi connectivity index (χ3n) is 4.88. The Labute approximate surface area is 176 Å². The minimum atomic E-state index is -4.32. The molecule has 0 N–H and O–H groups in total. The van der Waals surface area contributed by atoms with Gasteiger partial charge in [0, 0.05) is 36.3 Å². The van der Waals surface area contributed by atoms with Crippen molar-refractivity contribution in [1.82, 2.24) is 9.47 Å². The molecule has 1 amide bonds. The van der Waals surface area contributed by atoms with Gasteiger partial charge in [-0.3, -0.25) is 4.79 Å². The first-order valence-corrected chi connectivity index (χ1v) is 10.2. The van der Waals surface area contributed by atoms with Crippen LogP contribution in [0.3, 0.4) is 0 Å². The summed E-state index contributed by atoms with van der Waals surface area (Å²) in [5, 5.41) is 0. The fourth-order valence-electron chi connectivity index (χ4n) is 3.41. The average Bonchev–Trinajstić information content (AvgIpc) is 3.21. The lowest BCUT2D eigenvalue weighted by Gasteiger charge is -2.32. The number of hydrogen-bond donors (Lipinski definition) is 0. The van der Waals surface area contributed by atoms with Crippen LogP contribution >= 0.6 is 11.8 Å². The van der Waals surface area contributed by atoms with E-state index in [0.29, 0.717) is 37.2 Å². The van der Waals surface area contributed by atoms with Crippen LogP contribution in [0.4, 0.5) is 13.2 Å². The predicted molar refractivity (Wildman–Crippen MR) is 108 cm³/mol. The lowest BCUT2D eigenvalue weighted by atomic mass is 10.0. The van der Waals surface area contributed by atoms with Crippen LogP contribution in [0, 0.1) is 0 Å². The molecule has 30 heavy (non-hydrogen) atoms. The van der Waals surface area contributed by atoms with Gasteiger partial charge in [0.2, 0.25) is 5.91 Å². The van der Waals surface area contributed by atoms with Gasteiger partial charge in [0.05, 0.1) is 7.11 Å². The highest BCUT2D eigenvalue weighted by Gasteiger charge is 2.29. The maximum absolute atomic E-state index is 12.4. The number of carbonyl (C=O) groups excluding carboxylic acids is 2. The van der Waals surface area contributed by atoms with E-state index >= 15 is 0 Å². The van der Waals surface area contributed by atoms with Crippen molar-refractivity contribution in [3.8, 4) is 0 Å². The van der Waals surface area contributed by atoms with Crippen LogP contribution in [0.25, 0.3) is 6.08 Å². The number of carbonyl (C=O) groups is 2. The molecule has 0 saturated carbocycles. The Hall–Kier alpha value is -2.68. The molecule has 5 nitrogen and oxygen atoms in total. The van der Waals surface area contributed by atoms with Gasteiger partial charge in [0.1, 0.15) is 5.69 Å². The number of halogens is 3. The van der Waals surface area contributed by atoms with E-state index in [1.165, 1.54) is 25.3 Å². The summed E-state index contributed by atoms with van der Waals surface area (Å²) in [5.74, 6) is -0.538. The number of amides is 1. The maximum atomic E-state index is 12.4. The lowest BCUT2D eigenvalue weighted by Crippen LogP contribution is -2.38. The molecule has 0 atom stereocenters. The van der Waals surface area contributed by atoms with Crippen LogP contribution in [0.2, 0.25) is 0 Å². The van der Waals surface area contributed by atoms with E-state index < -0.39 is 5.51 Å². The van der Waals surface area contributed by atoms with E-state index in [9.17, 15) is 22.8 Å². The van der Waals surface area contributed by atoms with Crippen molar-refractivity contribution >= 4 is 29.7 Å². The number of benzene rings is 1. The van der Waals surface area contributed by atoms with Crippen LogP contribution in [0.1, 0.15) is 34.9 Å². The van der Waals surface area contributed by atoms with Crippen LogP contribution in [-0.4, -0.2) is 47.1 Å². The number of thioether (sulfide) groups is 1. The first kappa shape index (κ1) is 22.0. The van der Waals surface area contributed by atoms with E-state index in [1.54, 1.807) is 35.2 Å². The molecule has 1 aromatic carbocycles. The SMILES string of the molecule is COC(=O)c1cccn1C1CCN(C(=O)/C=C/c2ccc(SC(F)(F)F)cc2)CC1. The standard InChI is InChI=1S/C21H21F3N2O3S/c1-29-20(28)18-3-2-12-26(18)16-10-13-25(14-11-16)19(27)9-6-15-4-7-17(8-5-15)30-21(22,23)24/h2-9,12,16H,10-11,13-14H2,1H3/b9-6+. The number of likely N-dealkylation sites (tertiary alicyclic amines) is 1. The van der Waals surface area contributed by atoms with Gasteiger partial charge >= 0.3 is 11.5 Å². The van der Waals surface area contributed by atoms with Crippen LogP contribution < -0.4 is 0 Å². The second-order valence-electron chi connectivity index (χ2n) is 6.80. The topological polar surface area (TPSA) is 51.5 Å². The molecule has 2 heterocycles. The smallest absolute Gasteiger partial charge is 0.446 e. The third kappa shape index (κ3) is 5.69. The molecule has 1 aromatic heterocycles. The van der Waals surface area contributed by atoms with Crippen molar-refractivity contribution in [3.63, 3.8) is 0 Å². The number of alkyl halides is 3. The predicted octanol–water partition coefficient (Wildman–Crippen LogP) is 4.76. The number of aromatic nitrogens is 1. The molecular formula is C21H21F3N2O3S. The molecule has 160 valence electrons. The van der Waals surface area contributed by atoms with Crippen molar-refractivity contribution in [2.75, 3.05) is 20.2 Å². The summed E-state index contributed by atoms with van der Waals surface area (Å²) in [6, 6.07) is 9.47. The van der Waals surface area contributed by atoms with Gasteiger partial charge in [-0.2, -0.15) is 13.2 Å². The Balaban J connectivity index is 1.54. The molecule has 1 aliphatic rings. The number of esters is 1. The van der Waals surface area contributed by atoms with Crippen molar-refractivity contribution < 1.29 is 27.5 Å². The van der Waals surface area contributed by atoms with E-state index in [1.807, 2.05) is 10.8 Å². The average molecular weight is 438 g/mol. The van der Waals surface area contributed by atoms with Gasteiger partial charge in [0.25, 0.3) is 0 Å². The monoisotopic (exact) mass is 438 g/mol. The zero-order valence-corrected chi connectivity index (χ0v) is 17.1. The number of piperidine rings is 1. The summed E-state index contributed by atoms with van der Waals surface area (Å²) < 4.78 is 43.8. The van der Waals surface area contributed by atoms with Gasteiger partial charge in [-0.15, -0.1) is 0 Å². The first-order valence-electron chi connectivity index (χ1n) is 9.35. The lowest BCUT2D eigenvalue weighted by molar-refractivity contribution is -0.127. The molecule has 0 aliphatic carbocycles. The van der Waals surface area contributed by atoms with E-state index in [4.69, 9.17) is 4.74 Å². The summed E-state index contributed by atoms with van der Waals surface area (Å²) >= 11 is -0.171. The van der Waals surface area contributed by atoms with Gasteiger partial charge in [0.15, 0.2) is 0 Å². The summed E-state index contributed by atoms with van der Waals surface area (Å²) in [6.07, 6.45) is 6.29. The highest BCUT2D eigenvalue weighted by molar-refractivity contribution is 8.00.